The molecule has 0 aliphatic carbocycles. The molecule has 0 fully saturated rings. The van der Waals surface area contributed by atoms with Crippen LogP contribution in [0, 0.1) is 6.07 Å². The molecule has 0 bridgehead atoms. The number of hydrogen-bond acceptors (Lipinski definition) is 2. The molecular weight excluding hydrogens is 202 g/mol. The van der Waals surface area contributed by atoms with Gasteiger partial charge < -0.3 is 9.30 Å². The van der Waals surface area contributed by atoms with Crippen molar-refractivity contribution in [3.8, 4) is 0 Å². The summed E-state index contributed by atoms with van der Waals surface area (Å²) >= 11 is 0. The number of rotatable bonds is 2. The van der Waals surface area contributed by atoms with Gasteiger partial charge in [0.05, 0.1) is 7.11 Å². The molecule has 2 aromatic rings. The van der Waals surface area contributed by atoms with E-state index in [9.17, 15) is 4.79 Å². The molecule has 81 valence electrons. The molecule has 1 aromatic heterocycles. The second-order valence-corrected chi connectivity index (χ2v) is 3.48. The molecule has 0 amide bonds. The number of esters is 1. The number of aromatic nitrogens is 1. The minimum atomic E-state index is -0.354. The highest BCUT2D eigenvalue weighted by atomic mass is 16.5. The minimum absolute atomic E-state index is 0.354. The highest BCUT2D eigenvalue weighted by Gasteiger charge is 2.03. The maximum absolute atomic E-state index is 11.0. The van der Waals surface area contributed by atoms with Crippen molar-refractivity contribution in [2.75, 3.05) is 7.11 Å². The van der Waals surface area contributed by atoms with Crippen molar-refractivity contribution in [2.45, 2.75) is 0 Å². The summed E-state index contributed by atoms with van der Waals surface area (Å²) in [5.74, 6) is -0.354. The summed E-state index contributed by atoms with van der Waals surface area (Å²) in [6, 6.07) is 8.97. The van der Waals surface area contributed by atoms with Crippen LogP contribution in [0.25, 0.3) is 17.0 Å². The Morgan fingerprint density at radius 3 is 3.12 bits per heavy atom. The number of nitrogens with zero attached hydrogens (tertiary/aromatic N) is 1. The van der Waals surface area contributed by atoms with Gasteiger partial charge in [0.15, 0.2) is 0 Å². The molecule has 3 nitrogen and oxygen atoms in total. The summed E-state index contributed by atoms with van der Waals surface area (Å²) < 4.78 is 6.55. The Bertz CT molecular complexity index is 552. The number of carbonyl (C=O) groups excluding carboxylic acids is 1. The predicted molar refractivity (Wildman–Crippen MR) is 62.8 cm³/mol. The summed E-state index contributed by atoms with van der Waals surface area (Å²) in [4.78, 5) is 11.0. The molecule has 0 atom stereocenters. The Morgan fingerprint density at radius 1 is 1.56 bits per heavy atom. The van der Waals surface area contributed by atoms with Gasteiger partial charge in [-0.3, -0.25) is 0 Å². The average molecular weight is 214 g/mol. The molecule has 1 aromatic carbocycles. The first-order valence-corrected chi connectivity index (χ1v) is 4.94. The van der Waals surface area contributed by atoms with Crippen LogP contribution in [-0.2, 0) is 16.6 Å². The summed E-state index contributed by atoms with van der Waals surface area (Å²) in [7, 11) is 3.33. The highest BCUT2D eigenvalue weighted by Crippen LogP contribution is 2.20. The van der Waals surface area contributed by atoms with E-state index in [1.807, 2.05) is 36.0 Å². The van der Waals surface area contributed by atoms with E-state index in [1.165, 1.54) is 13.2 Å². The van der Waals surface area contributed by atoms with Gasteiger partial charge in [-0.25, -0.2) is 4.79 Å². The van der Waals surface area contributed by atoms with E-state index in [4.69, 9.17) is 0 Å². The average Bonchev–Trinajstić information content (AvgIpc) is 2.64. The first-order valence-electron chi connectivity index (χ1n) is 4.94. The SMILES string of the molecule is COC(=O)/C=C/c1cn(C)c2ccc[c]c12. The van der Waals surface area contributed by atoms with E-state index in [0.29, 0.717) is 0 Å². The highest BCUT2D eigenvalue weighted by molar-refractivity contribution is 5.93. The van der Waals surface area contributed by atoms with Gasteiger partial charge in [-0.1, -0.05) is 12.1 Å². The van der Waals surface area contributed by atoms with Crippen molar-refractivity contribution in [3.63, 3.8) is 0 Å². The van der Waals surface area contributed by atoms with Crippen LogP contribution in [0.2, 0.25) is 0 Å². The number of carbonyl (C=O) groups is 1. The molecule has 16 heavy (non-hydrogen) atoms. The van der Waals surface area contributed by atoms with E-state index in [-0.39, 0.29) is 5.97 Å². The first-order chi connectivity index (χ1) is 7.72. The Kier molecular flexibility index (Phi) is 2.77. The molecule has 0 N–H and O–H groups in total. The molecule has 0 saturated carbocycles. The zero-order chi connectivity index (χ0) is 11.5. The summed E-state index contributed by atoms with van der Waals surface area (Å²) in [5, 5.41) is 1.00. The largest absolute Gasteiger partial charge is 0.466 e. The number of aryl methyl sites for hydroxylation is 1. The lowest BCUT2D eigenvalue weighted by molar-refractivity contribution is -0.134. The van der Waals surface area contributed by atoms with Gasteiger partial charge in [0.1, 0.15) is 0 Å². The fourth-order valence-corrected chi connectivity index (χ4v) is 1.65. The van der Waals surface area contributed by atoms with Crippen LogP contribution in [0.3, 0.4) is 0 Å². The van der Waals surface area contributed by atoms with Crippen LogP contribution in [0.1, 0.15) is 5.56 Å². The van der Waals surface area contributed by atoms with Crippen molar-refractivity contribution in [3.05, 3.63) is 42.1 Å². The van der Waals surface area contributed by atoms with Crippen molar-refractivity contribution < 1.29 is 9.53 Å². The molecular formula is C13H12NO2. The van der Waals surface area contributed by atoms with Crippen molar-refractivity contribution in [2.24, 2.45) is 7.05 Å². The maximum atomic E-state index is 11.0. The molecule has 0 aliphatic heterocycles. The molecule has 2 rings (SSSR count). The zero-order valence-corrected chi connectivity index (χ0v) is 9.23. The van der Waals surface area contributed by atoms with Crippen molar-refractivity contribution >= 4 is 22.9 Å². The zero-order valence-electron chi connectivity index (χ0n) is 9.23. The molecule has 0 unspecified atom stereocenters. The predicted octanol–water partition coefficient (Wildman–Crippen LogP) is 2.16. The number of benzene rings is 1. The fraction of sp³-hybridized carbons (Fsp3) is 0.154. The Labute approximate surface area is 93.9 Å². The lowest BCUT2D eigenvalue weighted by Gasteiger charge is -1.92. The van der Waals surface area contributed by atoms with E-state index in [2.05, 4.69) is 10.8 Å². The second kappa shape index (κ2) is 4.23. The topological polar surface area (TPSA) is 31.2 Å². The van der Waals surface area contributed by atoms with Crippen molar-refractivity contribution in [1.82, 2.24) is 4.57 Å². The Hall–Kier alpha value is -2.03. The second-order valence-electron chi connectivity index (χ2n) is 3.48. The van der Waals surface area contributed by atoms with Crippen molar-refractivity contribution in [1.29, 1.82) is 0 Å². The summed E-state index contributed by atoms with van der Waals surface area (Å²) in [5.41, 5.74) is 2.05. The number of fused-ring (bicyclic) bond motifs is 1. The van der Waals surface area contributed by atoms with E-state index in [1.54, 1.807) is 6.08 Å². The fourth-order valence-electron chi connectivity index (χ4n) is 1.65. The van der Waals surface area contributed by atoms with Gasteiger partial charge in [0.2, 0.25) is 0 Å². The molecule has 1 heterocycles. The van der Waals surface area contributed by atoms with E-state index >= 15 is 0 Å². The van der Waals surface area contributed by atoms with Crippen LogP contribution >= 0.6 is 0 Å². The molecule has 0 saturated heterocycles. The normalized spacial score (nSPS) is 11.1. The maximum Gasteiger partial charge on any atom is 0.330 e. The molecule has 1 radical (unpaired) electrons. The van der Waals surface area contributed by atoms with Gasteiger partial charge >= 0.3 is 5.97 Å². The lowest BCUT2D eigenvalue weighted by Crippen LogP contribution is -1.92. The van der Waals surface area contributed by atoms with Crippen LogP contribution in [0.4, 0.5) is 0 Å². The van der Waals surface area contributed by atoms with Crippen LogP contribution < -0.4 is 0 Å². The summed E-state index contributed by atoms with van der Waals surface area (Å²) in [6.45, 7) is 0. The third-order valence-electron chi connectivity index (χ3n) is 2.44. The Balaban J connectivity index is 2.46. The van der Waals surface area contributed by atoms with Gasteiger partial charge in [0.25, 0.3) is 0 Å². The Morgan fingerprint density at radius 2 is 2.38 bits per heavy atom. The monoisotopic (exact) mass is 214 g/mol. The lowest BCUT2D eigenvalue weighted by atomic mass is 10.1. The number of methoxy groups -OCH3 is 1. The van der Waals surface area contributed by atoms with Crippen LogP contribution in [0.5, 0.6) is 0 Å². The van der Waals surface area contributed by atoms with Gasteiger partial charge in [0, 0.05) is 35.8 Å². The smallest absolute Gasteiger partial charge is 0.330 e. The minimum Gasteiger partial charge on any atom is -0.466 e. The number of ether oxygens (including phenoxy) is 1. The van der Waals surface area contributed by atoms with Gasteiger partial charge in [-0.05, 0) is 18.2 Å². The van der Waals surface area contributed by atoms with E-state index < -0.39 is 0 Å². The van der Waals surface area contributed by atoms with Gasteiger partial charge in [-0.15, -0.1) is 0 Å². The molecule has 3 heteroatoms. The number of hydrogen-bond donors (Lipinski definition) is 0. The van der Waals surface area contributed by atoms with Gasteiger partial charge in [-0.2, -0.15) is 0 Å². The van der Waals surface area contributed by atoms with Crippen LogP contribution in [0.15, 0.2) is 30.5 Å². The third kappa shape index (κ3) is 1.84. The first kappa shape index (κ1) is 10.5. The standard InChI is InChI=1S/C13H12NO2/c1-14-9-10(7-8-13(15)16-2)11-5-3-4-6-12(11)14/h3-4,6-9H,1-2H3/b8-7+. The summed E-state index contributed by atoms with van der Waals surface area (Å²) in [6.07, 6.45) is 5.11. The molecule has 0 aliphatic rings. The third-order valence-corrected chi connectivity index (χ3v) is 2.44. The quantitative estimate of drug-likeness (QED) is 0.566. The van der Waals surface area contributed by atoms with E-state index in [0.717, 1.165) is 16.5 Å². The van der Waals surface area contributed by atoms with Crippen LogP contribution in [-0.4, -0.2) is 17.6 Å². The molecule has 0 spiro atoms.